The number of rotatable bonds is 10. The van der Waals surface area contributed by atoms with Crippen LogP contribution in [0.15, 0.2) is 53.4 Å². The predicted octanol–water partition coefficient (Wildman–Crippen LogP) is 3.80. The highest BCUT2D eigenvalue weighted by Crippen LogP contribution is 2.26. The maximum Gasteiger partial charge on any atom is 0.244 e. The van der Waals surface area contributed by atoms with Gasteiger partial charge in [0, 0.05) is 11.6 Å². The Morgan fingerprint density at radius 2 is 1.70 bits per heavy atom. The number of nitrogens with two attached hydrogens (primary N) is 1. The molecular weight excluding hydrogens is 424 g/mol. The van der Waals surface area contributed by atoms with Gasteiger partial charge in [-0.15, -0.1) is 0 Å². The summed E-state index contributed by atoms with van der Waals surface area (Å²) in [6, 6.07) is 11.8. The van der Waals surface area contributed by atoms with Gasteiger partial charge in [-0.05, 0) is 55.7 Å². The molecule has 1 amide bonds. The SMILES string of the molecule is CCCC[C@H](C(N)=O)N(Cc1ccc(C(C)(C)O)cc1)S(=O)(=O)c1ccc(Cl)cc1. The van der Waals surface area contributed by atoms with E-state index in [-0.39, 0.29) is 11.4 Å². The van der Waals surface area contributed by atoms with Crippen LogP contribution in [-0.4, -0.2) is 29.8 Å². The molecule has 0 saturated carbocycles. The van der Waals surface area contributed by atoms with Crippen molar-refractivity contribution < 1.29 is 18.3 Å². The van der Waals surface area contributed by atoms with Crippen LogP contribution in [0.3, 0.4) is 0 Å². The molecule has 2 aromatic rings. The number of hydrogen-bond donors (Lipinski definition) is 2. The molecule has 0 aromatic heterocycles. The lowest BCUT2D eigenvalue weighted by molar-refractivity contribution is -0.122. The van der Waals surface area contributed by atoms with Crippen molar-refractivity contribution in [3.05, 3.63) is 64.7 Å². The summed E-state index contributed by atoms with van der Waals surface area (Å²) in [5.74, 6) is -0.686. The van der Waals surface area contributed by atoms with Gasteiger partial charge in [0.15, 0.2) is 0 Å². The van der Waals surface area contributed by atoms with Crippen LogP contribution < -0.4 is 5.73 Å². The van der Waals surface area contributed by atoms with Gasteiger partial charge in [0.05, 0.1) is 10.5 Å². The molecule has 0 spiro atoms. The van der Waals surface area contributed by atoms with Gasteiger partial charge in [-0.1, -0.05) is 55.6 Å². The van der Waals surface area contributed by atoms with Crippen LogP contribution in [0.4, 0.5) is 0 Å². The van der Waals surface area contributed by atoms with E-state index in [0.717, 1.165) is 10.7 Å². The second kappa shape index (κ2) is 9.92. The van der Waals surface area contributed by atoms with Gasteiger partial charge in [0.2, 0.25) is 15.9 Å². The fourth-order valence-corrected chi connectivity index (χ4v) is 4.87. The summed E-state index contributed by atoms with van der Waals surface area (Å²) in [6.07, 6.45) is 1.80. The highest BCUT2D eigenvalue weighted by molar-refractivity contribution is 7.89. The Labute approximate surface area is 183 Å². The van der Waals surface area contributed by atoms with Gasteiger partial charge in [-0.2, -0.15) is 4.31 Å². The molecule has 8 heteroatoms. The van der Waals surface area contributed by atoms with Crippen LogP contribution >= 0.6 is 11.6 Å². The van der Waals surface area contributed by atoms with E-state index in [2.05, 4.69) is 0 Å². The number of halogens is 1. The van der Waals surface area contributed by atoms with Crippen LogP contribution in [0.1, 0.15) is 51.2 Å². The third-order valence-corrected chi connectivity index (χ3v) is 7.05. The number of carbonyl (C=O) groups excluding carboxylic acids is 1. The standard InChI is InChI=1S/C22H29ClN2O4S/c1-4-5-6-20(21(24)26)25(30(28,29)19-13-11-18(23)12-14-19)15-16-7-9-17(10-8-16)22(2,3)27/h7-14,20,27H,4-6,15H2,1-3H3,(H2,24,26)/t20-/m1/s1. The molecule has 30 heavy (non-hydrogen) atoms. The average Bonchev–Trinajstić information content (AvgIpc) is 2.67. The summed E-state index contributed by atoms with van der Waals surface area (Å²) >= 11 is 5.90. The van der Waals surface area contributed by atoms with E-state index in [9.17, 15) is 18.3 Å². The van der Waals surface area contributed by atoms with Crippen molar-refractivity contribution >= 4 is 27.5 Å². The van der Waals surface area contributed by atoms with Gasteiger partial charge in [0.25, 0.3) is 0 Å². The predicted molar refractivity (Wildman–Crippen MR) is 118 cm³/mol. The number of hydrogen-bond acceptors (Lipinski definition) is 4. The normalized spacial score (nSPS) is 13.4. The number of carbonyl (C=O) groups is 1. The third kappa shape index (κ3) is 6.04. The molecule has 2 aromatic carbocycles. The number of primary amides is 1. The number of nitrogens with zero attached hydrogens (tertiary/aromatic N) is 1. The topological polar surface area (TPSA) is 101 Å². The first-order chi connectivity index (χ1) is 14.0. The molecule has 0 aliphatic rings. The van der Waals surface area contributed by atoms with E-state index >= 15 is 0 Å². The van der Waals surface area contributed by atoms with Crippen LogP contribution in [0.5, 0.6) is 0 Å². The second-order valence-corrected chi connectivity index (χ2v) is 10.1. The summed E-state index contributed by atoms with van der Waals surface area (Å²) < 4.78 is 28.0. The maximum absolute atomic E-state index is 13.4. The minimum Gasteiger partial charge on any atom is -0.386 e. The summed E-state index contributed by atoms with van der Waals surface area (Å²) in [4.78, 5) is 12.3. The smallest absolute Gasteiger partial charge is 0.244 e. The molecule has 164 valence electrons. The number of aliphatic hydroxyl groups is 1. The molecule has 0 aliphatic heterocycles. The maximum atomic E-state index is 13.4. The second-order valence-electron chi connectivity index (χ2n) is 7.82. The molecule has 2 rings (SSSR count). The van der Waals surface area contributed by atoms with Crippen molar-refractivity contribution in [1.29, 1.82) is 0 Å². The zero-order valence-corrected chi connectivity index (χ0v) is 19.1. The molecular formula is C22H29ClN2O4S. The molecule has 0 radical (unpaired) electrons. The van der Waals surface area contributed by atoms with Crippen LogP contribution in [0, 0.1) is 0 Å². The first-order valence-corrected chi connectivity index (χ1v) is 11.7. The Hall–Kier alpha value is -1.93. The van der Waals surface area contributed by atoms with Crippen molar-refractivity contribution in [3.63, 3.8) is 0 Å². The minimum atomic E-state index is -4.00. The fourth-order valence-electron chi connectivity index (χ4n) is 3.13. The first-order valence-electron chi connectivity index (χ1n) is 9.85. The number of unbranched alkanes of at least 4 members (excludes halogenated alkanes) is 1. The Morgan fingerprint density at radius 3 is 2.17 bits per heavy atom. The quantitative estimate of drug-likeness (QED) is 0.572. The fraction of sp³-hybridized carbons (Fsp3) is 0.409. The Balaban J connectivity index is 2.47. The molecule has 0 unspecified atom stereocenters. The molecule has 0 saturated heterocycles. The van der Waals surface area contributed by atoms with E-state index in [4.69, 9.17) is 17.3 Å². The minimum absolute atomic E-state index is 0.0194. The lowest BCUT2D eigenvalue weighted by Gasteiger charge is -2.29. The molecule has 1 atom stereocenters. The van der Waals surface area contributed by atoms with E-state index in [1.165, 1.54) is 24.3 Å². The van der Waals surface area contributed by atoms with Gasteiger partial charge in [-0.3, -0.25) is 4.79 Å². The number of amides is 1. The highest BCUT2D eigenvalue weighted by Gasteiger charge is 2.34. The van der Waals surface area contributed by atoms with Crippen LogP contribution in [-0.2, 0) is 27.0 Å². The van der Waals surface area contributed by atoms with E-state index in [1.807, 2.05) is 6.92 Å². The Kier molecular flexibility index (Phi) is 8.05. The highest BCUT2D eigenvalue weighted by atomic mass is 35.5. The van der Waals surface area contributed by atoms with Gasteiger partial charge < -0.3 is 10.8 Å². The van der Waals surface area contributed by atoms with Crippen LogP contribution in [0.2, 0.25) is 5.02 Å². The van der Waals surface area contributed by atoms with Crippen molar-refractivity contribution in [2.24, 2.45) is 5.73 Å². The van der Waals surface area contributed by atoms with Crippen molar-refractivity contribution in [2.75, 3.05) is 0 Å². The zero-order chi connectivity index (χ0) is 22.5. The van der Waals surface area contributed by atoms with Gasteiger partial charge in [0.1, 0.15) is 6.04 Å². The monoisotopic (exact) mass is 452 g/mol. The average molecular weight is 453 g/mol. The van der Waals surface area contributed by atoms with Crippen molar-refractivity contribution in [1.82, 2.24) is 4.31 Å². The molecule has 3 N–H and O–H groups in total. The summed E-state index contributed by atoms with van der Waals surface area (Å²) in [5, 5.41) is 10.6. The van der Waals surface area contributed by atoms with E-state index in [1.54, 1.807) is 38.1 Å². The summed E-state index contributed by atoms with van der Waals surface area (Å²) in [5.41, 5.74) is 5.99. The number of sulfonamides is 1. The largest absolute Gasteiger partial charge is 0.386 e. The van der Waals surface area contributed by atoms with Crippen LogP contribution in [0.25, 0.3) is 0 Å². The Bertz CT molecular complexity index is 952. The lowest BCUT2D eigenvalue weighted by atomic mass is 9.97. The molecule has 6 nitrogen and oxygen atoms in total. The van der Waals surface area contributed by atoms with Crippen molar-refractivity contribution in [2.45, 2.75) is 63.1 Å². The molecule has 0 aliphatic carbocycles. The van der Waals surface area contributed by atoms with Crippen molar-refractivity contribution in [3.8, 4) is 0 Å². The first kappa shape index (κ1) is 24.3. The van der Waals surface area contributed by atoms with Gasteiger partial charge >= 0.3 is 0 Å². The zero-order valence-electron chi connectivity index (χ0n) is 17.5. The molecule has 0 heterocycles. The summed E-state index contributed by atoms with van der Waals surface area (Å²) in [6.45, 7) is 5.29. The van der Waals surface area contributed by atoms with E-state index in [0.29, 0.717) is 29.0 Å². The van der Waals surface area contributed by atoms with Gasteiger partial charge in [-0.25, -0.2) is 8.42 Å². The lowest BCUT2D eigenvalue weighted by Crippen LogP contribution is -2.47. The molecule has 0 fully saturated rings. The Morgan fingerprint density at radius 1 is 1.13 bits per heavy atom. The molecule has 0 bridgehead atoms. The number of benzene rings is 2. The van der Waals surface area contributed by atoms with E-state index < -0.39 is 27.6 Å². The third-order valence-electron chi connectivity index (χ3n) is 4.93. The summed E-state index contributed by atoms with van der Waals surface area (Å²) in [7, 11) is -4.00.